The van der Waals surface area contributed by atoms with Crippen LogP contribution in [0.3, 0.4) is 0 Å². The lowest BCUT2D eigenvalue weighted by molar-refractivity contribution is -0.384. The third-order valence-electron chi connectivity index (χ3n) is 3.31. The van der Waals surface area contributed by atoms with Gasteiger partial charge in [0.05, 0.1) is 11.0 Å². The van der Waals surface area contributed by atoms with Crippen LogP contribution in [-0.4, -0.2) is 34.9 Å². The summed E-state index contributed by atoms with van der Waals surface area (Å²) in [4.78, 5) is 22.7. The van der Waals surface area contributed by atoms with Crippen LogP contribution < -0.4 is 10.6 Å². The van der Waals surface area contributed by atoms with Gasteiger partial charge in [0.15, 0.2) is 0 Å². The average molecular weight is 306 g/mol. The molecule has 1 saturated heterocycles. The zero-order chi connectivity index (χ0) is 15.5. The number of carbonyl (C=O) groups excluding carboxylic acids is 1. The minimum atomic E-state index is -0.877. The van der Waals surface area contributed by atoms with Gasteiger partial charge in [0.25, 0.3) is 11.6 Å². The fourth-order valence-corrected chi connectivity index (χ4v) is 3.37. The van der Waals surface area contributed by atoms with Crippen molar-refractivity contribution < 1.29 is 9.72 Å². The summed E-state index contributed by atoms with van der Waals surface area (Å²) >= 11 is 1.60. The molecule has 2 rings (SSSR count). The van der Waals surface area contributed by atoms with Crippen LogP contribution in [0.2, 0.25) is 0 Å². The van der Waals surface area contributed by atoms with Gasteiger partial charge in [-0.1, -0.05) is 0 Å². The summed E-state index contributed by atoms with van der Waals surface area (Å²) in [6, 6.07) is 6.34. The molecule has 1 aliphatic rings. The number of hydrogen-bond acceptors (Lipinski definition) is 6. The second-order valence-corrected chi connectivity index (χ2v) is 5.79. The number of carbonyl (C=O) groups is 1. The summed E-state index contributed by atoms with van der Waals surface area (Å²) in [5, 5.41) is 25.6. The third kappa shape index (κ3) is 3.08. The van der Waals surface area contributed by atoms with E-state index in [9.17, 15) is 20.2 Å². The minimum Gasteiger partial charge on any atom is -0.383 e. The van der Waals surface area contributed by atoms with Crippen LogP contribution in [0.15, 0.2) is 18.2 Å². The van der Waals surface area contributed by atoms with Crippen molar-refractivity contribution in [1.82, 2.24) is 5.32 Å². The summed E-state index contributed by atoms with van der Waals surface area (Å²) in [6.07, 6.45) is 0.580. The Morgan fingerprint density at radius 2 is 2.33 bits per heavy atom. The van der Waals surface area contributed by atoms with E-state index in [4.69, 9.17) is 0 Å². The van der Waals surface area contributed by atoms with E-state index in [1.165, 1.54) is 18.2 Å². The zero-order valence-electron chi connectivity index (χ0n) is 11.4. The Morgan fingerprint density at radius 3 is 2.86 bits per heavy atom. The van der Waals surface area contributed by atoms with Gasteiger partial charge in [-0.2, -0.15) is 17.0 Å². The first-order chi connectivity index (χ1) is 10.0. The number of nitro groups is 1. The maximum Gasteiger partial charge on any atom is 0.293 e. The van der Waals surface area contributed by atoms with Crippen molar-refractivity contribution in [1.29, 1.82) is 5.26 Å². The molecule has 1 aliphatic heterocycles. The van der Waals surface area contributed by atoms with Crippen molar-refractivity contribution >= 4 is 29.0 Å². The molecule has 1 atom stereocenters. The lowest BCUT2D eigenvalue weighted by Crippen LogP contribution is -2.47. The number of thioether (sulfide) groups is 1. The van der Waals surface area contributed by atoms with Crippen molar-refractivity contribution in [3.8, 4) is 6.07 Å². The summed E-state index contributed by atoms with van der Waals surface area (Å²) in [6.45, 7) is 0. The Kier molecular flexibility index (Phi) is 4.33. The van der Waals surface area contributed by atoms with Crippen molar-refractivity contribution in [3.63, 3.8) is 0 Å². The smallest absolute Gasteiger partial charge is 0.293 e. The molecule has 0 spiro atoms. The van der Waals surface area contributed by atoms with Gasteiger partial charge in [0.2, 0.25) is 0 Å². The van der Waals surface area contributed by atoms with E-state index in [1.807, 2.05) is 0 Å². The number of nitrogens with one attached hydrogen (secondary N) is 2. The summed E-state index contributed by atoms with van der Waals surface area (Å²) in [5.41, 5.74) is -0.537. The van der Waals surface area contributed by atoms with Gasteiger partial charge < -0.3 is 10.6 Å². The van der Waals surface area contributed by atoms with Crippen molar-refractivity contribution in [2.24, 2.45) is 0 Å². The van der Waals surface area contributed by atoms with E-state index in [-0.39, 0.29) is 11.3 Å². The quantitative estimate of drug-likeness (QED) is 0.648. The predicted octanol–water partition coefficient (Wildman–Crippen LogP) is 1.77. The van der Waals surface area contributed by atoms with E-state index in [0.717, 1.165) is 5.75 Å². The number of nitrogens with zero attached hydrogens (tertiary/aromatic N) is 2. The second kappa shape index (κ2) is 6.01. The minimum absolute atomic E-state index is 0.169. The molecular formula is C13H14N4O3S. The molecule has 7 nitrogen and oxygen atoms in total. The predicted molar refractivity (Wildman–Crippen MR) is 80.4 cm³/mol. The Bertz CT molecular complexity index is 620. The molecule has 110 valence electrons. The van der Waals surface area contributed by atoms with Crippen LogP contribution in [-0.2, 0) is 0 Å². The first-order valence-electron chi connectivity index (χ1n) is 6.29. The van der Waals surface area contributed by atoms with E-state index in [2.05, 4.69) is 16.7 Å². The second-order valence-electron chi connectivity index (χ2n) is 4.69. The molecule has 21 heavy (non-hydrogen) atoms. The molecule has 1 unspecified atom stereocenters. The Morgan fingerprint density at radius 1 is 1.57 bits per heavy atom. The molecule has 1 amide bonds. The molecular weight excluding hydrogens is 292 g/mol. The number of hydrogen-bond donors (Lipinski definition) is 2. The maximum absolute atomic E-state index is 12.2. The van der Waals surface area contributed by atoms with Crippen molar-refractivity contribution in [2.45, 2.75) is 12.0 Å². The first kappa shape index (κ1) is 15.1. The molecule has 0 radical (unpaired) electrons. The molecule has 0 aliphatic carbocycles. The standard InChI is InChI=1S/C13H14N4O3S/c1-15-10-3-2-9(6-11(10)17(19)20)12(18)16-13(7-14)4-5-21-8-13/h2-3,6,15H,4-5,8H2,1H3,(H,16,18). The highest BCUT2D eigenvalue weighted by Crippen LogP contribution is 2.29. The van der Waals surface area contributed by atoms with E-state index < -0.39 is 16.4 Å². The number of anilines is 1. The summed E-state index contributed by atoms with van der Waals surface area (Å²) in [5.74, 6) is 0.878. The summed E-state index contributed by atoms with van der Waals surface area (Å²) in [7, 11) is 1.57. The molecule has 0 aromatic heterocycles. The molecule has 0 bridgehead atoms. The largest absolute Gasteiger partial charge is 0.383 e. The van der Waals surface area contributed by atoms with Gasteiger partial charge in [-0.05, 0) is 24.3 Å². The molecule has 1 heterocycles. The van der Waals surface area contributed by atoms with Crippen LogP contribution >= 0.6 is 11.8 Å². The van der Waals surface area contributed by atoms with E-state index in [1.54, 1.807) is 18.8 Å². The molecule has 2 N–H and O–H groups in total. The zero-order valence-corrected chi connectivity index (χ0v) is 12.2. The van der Waals surface area contributed by atoms with Crippen LogP contribution in [0.1, 0.15) is 16.8 Å². The highest BCUT2D eigenvalue weighted by Gasteiger charge is 2.36. The normalized spacial score (nSPS) is 20.6. The topological polar surface area (TPSA) is 108 Å². The first-order valence-corrected chi connectivity index (χ1v) is 7.44. The number of rotatable bonds is 4. The van der Waals surface area contributed by atoms with Crippen LogP contribution in [0.4, 0.5) is 11.4 Å². The van der Waals surface area contributed by atoms with Crippen LogP contribution in [0, 0.1) is 21.4 Å². The monoisotopic (exact) mass is 306 g/mol. The third-order valence-corrected chi connectivity index (χ3v) is 4.50. The molecule has 1 aromatic carbocycles. The van der Waals surface area contributed by atoms with Crippen LogP contribution in [0.25, 0.3) is 0 Å². The van der Waals surface area contributed by atoms with Gasteiger partial charge in [-0.15, -0.1) is 0 Å². The van der Waals surface area contributed by atoms with E-state index >= 15 is 0 Å². The lowest BCUT2D eigenvalue weighted by atomic mass is 10.0. The highest BCUT2D eigenvalue weighted by atomic mass is 32.2. The van der Waals surface area contributed by atoms with Gasteiger partial charge in [0.1, 0.15) is 11.2 Å². The Balaban J connectivity index is 2.26. The SMILES string of the molecule is CNc1ccc(C(=O)NC2(C#N)CCSC2)cc1[N+](=O)[O-]. The van der Waals surface area contributed by atoms with E-state index in [0.29, 0.717) is 17.9 Å². The van der Waals surface area contributed by atoms with Gasteiger partial charge >= 0.3 is 0 Å². The number of amides is 1. The molecule has 1 fully saturated rings. The molecule has 8 heteroatoms. The van der Waals surface area contributed by atoms with Crippen LogP contribution in [0.5, 0.6) is 0 Å². The van der Waals surface area contributed by atoms with Gasteiger partial charge in [-0.3, -0.25) is 14.9 Å². The number of nitriles is 1. The number of benzene rings is 1. The van der Waals surface area contributed by atoms with Crippen molar-refractivity contribution in [2.75, 3.05) is 23.9 Å². The Labute approximate surface area is 125 Å². The highest BCUT2D eigenvalue weighted by molar-refractivity contribution is 7.99. The van der Waals surface area contributed by atoms with Gasteiger partial charge in [-0.25, -0.2) is 0 Å². The number of nitro benzene ring substituents is 1. The van der Waals surface area contributed by atoms with Crippen molar-refractivity contribution in [3.05, 3.63) is 33.9 Å². The molecule has 0 saturated carbocycles. The Hall–Kier alpha value is -2.27. The molecule has 1 aromatic rings. The summed E-state index contributed by atoms with van der Waals surface area (Å²) < 4.78 is 0. The lowest BCUT2D eigenvalue weighted by Gasteiger charge is -2.21. The fraction of sp³-hybridized carbons (Fsp3) is 0.385. The average Bonchev–Trinajstić information content (AvgIpc) is 2.95. The maximum atomic E-state index is 12.2. The fourth-order valence-electron chi connectivity index (χ4n) is 2.10. The van der Waals surface area contributed by atoms with Gasteiger partial charge in [0, 0.05) is 24.4 Å².